The number of nitrogens with one attached hydrogen (secondary N) is 1. The zero-order chi connectivity index (χ0) is 27.5. The third-order valence-electron chi connectivity index (χ3n) is 7.57. The van der Waals surface area contributed by atoms with Crippen LogP contribution in [0.1, 0.15) is 73.1 Å². The Bertz CT molecular complexity index is 1100. The predicted octanol–water partition coefficient (Wildman–Crippen LogP) is 5.52. The Balaban J connectivity index is 1.86. The van der Waals surface area contributed by atoms with Crippen LogP contribution in [-0.2, 0) is 19.5 Å². The zero-order valence-electron chi connectivity index (χ0n) is 23.0. The van der Waals surface area contributed by atoms with Crippen LogP contribution in [0.4, 0.5) is 14.5 Å². The highest BCUT2D eigenvalue weighted by molar-refractivity contribution is 6.31. The van der Waals surface area contributed by atoms with Gasteiger partial charge in [0.2, 0.25) is 5.88 Å². The van der Waals surface area contributed by atoms with E-state index in [0.29, 0.717) is 22.7 Å². The molecule has 1 fully saturated rings. The fourth-order valence-corrected chi connectivity index (χ4v) is 5.62. The van der Waals surface area contributed by atoms with E-state index < -0.39 is 12.3 Å². The zero-order valence-corrected chi connectivity index (χ0v) is 23.8. The second kappa shape index (κ2) is 12.0. The molecule has 1 aliphatic rings. The van der Waals surface area contributed by atoms with E-state index in [1.165, 1.54) is 25.8 Å². The molecule has 1 aromatic carbocycles. The molecule has 206 valence electrons. The Kier molecular flexibility index (Phi) is 9.45. The van der Waals surface area contributed by atoms with Gasteiger partial charge in [0.05, 0.1) is 19.2 Å². The number of carbonyl (C=O) groups is 1. The van der Waals surface area contributed by atoms with Crippen LogP contribution < -0.4 is 15.0 Å². The van der Waals surface area contributed by atoms with Crippen LogP contribution in [0.3, 0.4) is 0 Å². The Morgan fingerprint density at radius 2 is 1.84 bits per heavy atom. The maximum atomic E-state index is 14.6. The van der Waals surface area contributed by atoms with Gasteiger partial charge in [-0.1, -0.05) is 18.5 Å². The maximum absolute atomic E-state index is 14.6. The lowest BCUT2D eigenvalue weighted by Gasteiger charge is -2.40. The van der Waals surface area contributed by atoms with Gasteiger partial charge in [-0.15, -0.1) is 0 Å². The number of aryl methyl sites for hydroxylation is 1. The molecule has 1 N–H and O–H groups in total. The van der Waals surface area contributed by atoms with Gasteiger partial charge in [0.25, 0.3) is 11.8 Å². The highest BCUT2D eigenvalue weighted by atomic mass is 35.5. The molecule has 0 saturated heterocycles. The molecular formula is C27H40ClF2N5O2. The van der Waals surface area contributed by atoms with Crippen LogP contribution in [0.15, 0.2) is 12.1 Å². The standard InChI is InChI=1S/C27H40ClF2N5O2/c1-8-27(29,30)24-22(26(37-7)34(6)32-24)16-31-25(36)21-14-18(28)15-23(17(21)3)35(9-2)20-12-10-19(11-13-20)33(4)5/h14-15,19-20H,8-13,16H2,1-7H3,(H,31,36). The number of rotatable bonds is 10. The number of aromatic nitrogens is 2. The summed E-state index contributed by atoms with van der Waals surface area (Å²) in [5.74, 6) is -3.33. The fourth-order valence-electron chi connectivity index (χ4n) is 5.40. The Hall–Kier alpha value is -2.39. The first-order chi connectivity index (χ1) is 17.4. The summed E-state index contributed by atoms with van der Waals surface area (Å²) in [6, 6.07) is 4.51. The Morgan fingerprint density at radius 1 is 1.22 bits per heavy atom. The van der Waals surface area contributed by atoms with Gasteiger partial charge in [-0.2, -0.15) is 13.9 Å². The molecule has 0 bridgehead atoms. The van der Waals surface area contributed by atoms with E-state index in [1.807, 2.05) is 13.0 Å². The lowest BCUT2D eigenvalue weighted by atomic mass is 9.89. The molecule has 7 nitrogen and oxygen atoms in total. The summed E-state index contributed by atoms with van der Waals surface area (Å²) in [6.07, 6.45) is 3.98. The monoisotopic (exact) mass is 539 g/mol. The van der Waals surface area contributed by atoms with Crippen molar-refractivity contribution < 1.29 is 18.3 Å². The summed E-state index contributed by atoms with van der Waals surface area (Å²) in [6.45, 7) is 6.07. The van der Waals surface area contributed by atoms with E-state index in [0.717, 1.165) is 43.5 Å². The Labute approximate surface area is 224 Å². The molecule has 1 aromatic heterocycles. The van der Waals surface area contributed by atoms with Crippen LogP contribution in [0.25, 0.3) is 0 Å². The smallest absolute Gasteiger partial charge is 0.291 e. The number of hydrogen-bond acceptors (Lipinski definition) is 5. The minimum atomic E-state index is -3.14. The van der Waals surface area contributed by atoms with Crippen molar-refractivity contribution in [3.63, 3.8) is 0 Å². The SMILES string of the molecule is CCN(c1cc(Cl)cc(C(=O)NCc2c(C(F)(F)CC)nn(C)c2OC)c1C)C1CCC(N(C)C)CC1. The number of carbonyl (C=O) groups excluding carboxylic acids is 1. The Morgan fingerprint density at radius 3 is 2.38 bits per heavy atom. The normalized spacial score (nSPS) is 18.2. The number of ether oxygens (including phenoxy) is 1. The van der Waals surface area contributed by atoms with E-state index in [9.17, 15) is 13.6 Å². The molecule has 0 radical (unpaired) electrons. The average molecular weight is 540 g/mol. The number of halogens is 3. The number of amides is 1. The molecule has 2 aromatic rings. The molecule has 1 heterocycles. The third kappa shape index (κ3) is 6.20. The quantitative estimate of drug-likeness (QED) is 0.430. The largest absolute Gasteiger partial charge is 0.481 e. The number of methoxy groups -OCH3 is 1. The van der Waals surface area contributed by atoms with E-state index in [-0.39, 0.29) is 29.6 Å². The summed E-state index contributed by atoms with van der Waals surface area (Å²) >= 11 is 6.50. The van der Waals surface area contributed by atoms with Crippen molar-refractivity contribution in [2.45, 2.75) is 77.4 Å². The van der Waals surface area contributed by atoms with E-state index in [4.69, 9.17) is 16.3 Å². The van der Waals surface area contributed by atoms with Gasteiger partial charge < -0.3 is 19.9 Å². The number of hydrogen-bond donors (Lipinski definition) is 1. The van der Waals surface area contributed by atoms with Crippen LogP contribution in [-0.4, -0.2) is 60.4 Å². The van der Waals surface area contributed by atoms with Crippen LogP contribution in [0, 0.1) is 6.92 Å². The summed E-state index contributed by atoms with van der Waals surface area (Å²) in [7, 11) is 7.19. The van der Waals surface area contributed by atoms with E-state index in [1.54, 1.807) is 6.07 Å². The van der Waals surface area contributed by atoms with Crippen molar-refractivity contribution >= 4 is 23.2 Å². The highest BCUT2D eigenvalue weighted by Gasteiger charge is 2.37. The highest BCUT2D eigenvalue weighted by Crippen LogP contribution is 2.37. The third-order valence-corrected chi connectivity index (χ3v) is 7.79. The minimum absolute atomic E-state index is 0.145. The first kappa shape index (κ1) is 29.2. The lowest BCUT2D eigenvalue weighted by molar-refractivity contribution is -0.0142. The molecule has 3 rings (SSSR count). The molecule has 0 unspecified atom stereocenters. The first-order valence-electron chi connectivity index (χ1n) is 12.9. The first-order valence-corrected chi connectivity index (χ1v) is 13.3. The molecule has 10 heteroatoms. The summed E-state index contributed by atoms with van der Waals surface area (Å²) < 4.78 is 35.8. The topological polar surface area (TPSA) is 62.6 Å². The second-order valence-electron chi connectivity index (χ2n) is 10.0. The molecule has 1 aliphatic carbocycles. The van der Waals surface area contributed by atoms with Crippen molar-refractivity contribution in [3.05, 3.63) is 39.5 Å². The molecule has 0 atom stereocenters. The molecule has 0 aliphatic heterocycles. The van der Waals surface area contributed by atoms with Gasteiger partial charge in [-0.3, -0.25) is 4.79 Å². The number of anilines is 1. The minimum Gasteiger partial charge on any atom is -0.481 e. The van der Waals surface area contributed by atoms with Crippen molar-refractivity contribution in [1.29, 1.82) is 0 Å². The van der Waals surface area contributed by atoms with Gasteiger partial charge in [-0.25, -0.2) is 4.68 Å². The van der Waals surface area contributed by atoms with Crippen molar-refractivity contribution in [1.82, 2.24) is 20.0 Å². The summed E-state index contributed by atoms with van der Waals surface area (Å²) in [5, 5.41) is 7.25. The molecule has 1 saturated carbocycles. The lowest BCUT2D eigenvalue weighted by Crippen LogP contribution is -2.42. The molecule has 0 spiro atoms. The van der Waals surface area contributed by atoms with Gasteiger partial charge in [0.15, 0.2) is 0 Å². The van der Waals surface area contributed by atoms with Gasteiger partial charge in [0.1, 0.15) is 5.69 Å². The van der Waals surface area contributed by atoms with Gasteiger partial charge in [0, 0.05) is 48.4 Å². The molecular weight excluding hydrogens is 500 g/mol. The summed E-state index contributed by atoms with van der Waals surface area (Å²) in [4.78, 5) is 18.0. The number of benzene rings is 1. The number of alkyl halides is 2. The second-order valence-corrected chi connectivity index (χ2v) is 10.4. The predicted molar refractivity (Wildman–Crippen MR) is 144 cm³/mol. The maximum Gasteiger partial charge on any atom is 0.291 e. The molecule has 37 heavy (non-hydrogen) atoms. The summed E-state index contributed by atoms with van der Waals surface area (Å²) in [5.41, 5.74) is 1.96. The van der Waals surface area contributed by atoms with E-state index >= 15 is 0 Å². The van der Waals surface area contributed by atoms with Gasteiger partial charge in [-0.05, 0) is 71.3 Å². The fraction of sp³-hybridized carbons (Fsp3) is 0.630. The average Bonchev–Trinajstić information content (AvgIpc) is 3.20. The number of nitrogens with zero attached hydrogens (tertiary/aromatic N) is 4. The van der Waals surface area contributed by atoms with Crippen molar-refractivity contribution in [3.8, 4) is 5.88 Å². The van der Waals surface area contributed by atoms with Crippen molar-refractivity contribution in [2.75, 3.05) is 32.6 Å². The van der Waals surface area contributed by atoms with Gasteiger partial charge >= 0.3 is 0 Å². The van der Waals surface area contributed by atoms with Crippen LogP contribution in [0.5, 0.6) is 5.88 Å². The van der Waals surface area contributed by atoms with Crippen LogP contribution in [0.2, 0.25) is 5.02 Å². The van der Waals surface area contributed by atoms with Crippen molar-refractivity contribution in [2.24, 2.45) is 7.05 Å². The molecule has 1 amide bonds. The van der Waals surface area contributed by atoms with E-state index in [2.05, 4.69) is 41.2 Å². The van der Waals surface area contributed by atoms with Crippen LogP contribution >= 0.6 is 11.6 Å².